The second kappa shape index (κ2) is 8.50. The third kappa shape index (κ3) is 4.24. The lowest BCUT2D eigenvalue weighted by atomic mass is 10.0. The van der Waals surface area contributed by atoms with Crippen LogP contribution in [-0.2, 0) is 16.4 Å². The first-order valence-corrected chi connectivity index (χ1v) is 11.4. The number of aromatic amines is 2. The van der Waals surface area contributed by atoms with Gasteiger partial charge in [0.05, 0.1) is 22.7 Å². The van der Waals surface area contributed by atoms with E-state index < -0.39 is 38.7 Å². The van der Waals surface area contributed by atoms with Crippen molar-refractivity contribution in [1.29, 1.82) is 0 Å². The zero-order valence-electron chi connectivity index (χ0n) is 16.9. The second-order valence-electron chi connectivity index (χ2n) is 7.22. The molecule has 166 valence electrons. The van der Waals surface area contributed by atoms with Crippen molar-refractivity contribution in [2.45, 2.75) is 19.8 Å². The molecule has 0 aliphatic rings. The molecule has 0 atom stereocenters. The molecule has 1 aromatic carbocycles. The highest BCUT2D eigenvalue weighted by Crippen LogP contribution is 2.28. The number of H-pyrrole nitrogens is 2. The first-order chi connectivity index (χ1) is 15.3. The minimum absolute atomic E-state index is 0.228. The molecule has 0 aliphatic heterocycles. The average Bonchev–Trinajstić information content (AvgIpc) is 3.39. The average molecular weight is 459 g/mol. The molecule has 0 spiro atoms. The maximum Gasteiger partial charge on any atom is 0.232 e. The van der Waals surface area contributed by atoms with Gasteiger partial charge in [0, 0.05) is 36.0 Å². The van der Waals surface area contributed by atoms with Crippen LogP contribution in [0.3, 0.4) is 0 Å². The summed E-state index contributed by atoms with van der Waals surface area (Å²) in [4.78, 5) is 20.1. The lowest BCUT2D eigenvalue weighted by Gasteiger charge is -2.11. The summed E-state index contributed by atoms with van der Waals surface area (Å²) >= 11 is 0. The van der Waals surface area contributed by atoms with Crippen LogP contribution >= 0.6 is 0 Å². The van der Waals surface area contributed by atoms with Crippen molar-refractivity contribution >= 4 is 32.5 Å². The normalized spacial score (nSPS) is 11.7. The highest BCUT2D eigenvalue weighted by Gasteiger charge is 2.23. The Morgan fingerprint density at radius 2 is 2.03 bits per heavy atom. The van der Waals surface area contributed by atoms with Crippen LogP contribution in [0.2, 0.25) is 0 Å². The zero-order valence-corrected chi connectivity index (χ0v) is 17.8. The molecule has 0 fully saturated rings. The summed E-state index contributed by atoms with van der Waals surface area (Å²) in [6.07, 6.45) is 4.77. The molecule has 0 radical (unpaired) electrons. The van der Waals surface area contributed by atoms with E-state index in [2.05, 4.69) is 24.9 Å². The van der Waals surface area contributed by atoms with Crippen molar-refractivity contribution in [3.63, 3.8) is 0 Å². The Morgan fingerprint density at radius 1 is 1.22 bits per heavy atom. The molecule has 3 aromatic heterocycles. The Bertz CT molecular complexity index is 1400. The molecule has 8 nitrogen and oxygen atoms in total. The van der Waals surface area contributed by atoms with Gasteiger partial charge in [0.1, 0.15) is 11.5 Å². The van der Waals surface area contributed by atoms with E-state index in [0.717, 1.165) is 23.4 Å². The zero-order chi connectivity index (χ0) is 22.9. The van der Waals surface area contributed by atoms with E-state index in [1.165, 1.54) is 6.20 Å². The van der Waals surface area contributed by atoms with E-state index in [-0.39, 0.29) is 12.2 Å². The SMILES string of the molecule is CCCS(=O)(=O)Nc1ccc(F)c(C(=O)Cc2cnc3[nH]cc(-c4ccn[nH]4)c3c2)c1F. The van der Waals surface area contributed by atoms with Gasteiger partial charge in [-0.05, 0) is 36.2 Å². The first-order valence-electron chi connectivity index (χ1n) is 9.76. The number of sulfonamides is 1. The van der Waals surface area contributed by atoms with E-state index in [1.54, 1.807) is 31.5 Å². The fourth-order valence-electron chi connectivity index (χ4n) is 3.42. The number of ketones is 1. The lowest BCUT2D eigenvalue weighted by Crippen LogP contribution is -2.19. The number of carbonyl (C=O) groups is 1. The highest BCUT2D eigenvalue weighted by atomic mass is 32.2. The number of aromatic nitrogens is 4. The number of rotatable bonds is 8. The van der Waals surface area contributed by atoms with Crippen LogP contribution in [0.5, 0.6) is 0 Å². The number of anilines is 1. The standard InChI is InChI=1S/C21H19F2N5O3S/c1-2-7-32(30,31)28-17-4-3-15(22)19(20(17)23)18(29)9-12-8-13-14(16-5-6-26-27-16)11-25-21(13)24-10-12/h3-6,8,10-11,28H,2,7,9H2,1H3,(H,24,25)(H,26,27). The lowest BCUT2D eigenvalue weighted by molar-refractivity contribution is 0.0985. The summed E-state index contributed by atoms with van der Waals surface area (Å²) < 4.78 is 55.2. The van der Waals surface area contributed by atoms with Crippen molar-refractivity contribution in [1.82, 2.24) is 20.2 Å². The van der Waals surface area contributed by atoms with Gasteiger partial charge < -0.3 is 4.98 Å². The molecule has 3 heterocycles. The van der Waals surface area contributed by atoms with Crippen LogP contribution in [0.15, 0.2) is 42.9 Å². The van der Waals surface area contributed by atoms with Gasteiger partial charge in [0.25, 0.3) is 0 Å². The Morgan fingerprint density at radius 3 is 2.75 bits per heavy atom. The molecule has 4 rings (SSSR count). The predicted molar refractivity (Wildman–Crippen MR) is 116 cm³/mol. The van der Waals surface area contributed by atoms with Crippen molar-refractivity contribution in [3.8, 4) is 11.3 Å². The van der Waals surface area contributed by atoms with E-state index in [9.17, 15) is 22.0 Å². The van der Waals surface area contributed by atoms with Crippen LogP contribution in [0, 0.1) is 11.6 Å². The largest absolute Gasteiger partial charge is 0.345 e. The van der Waals surface area contributed by atoms with E-state index in [1.807, 2.05) is 0 Å². The molecule has 0 aliphatic carbocycles. The summed E-state index contributed by atoms with van der Waals surface area (Å²) in [5.74, 6) is -3.38. The topological polar surface area (TPSA) is 121 Å². The third-order valence-electron chi connectivity index (χ3n) is 4.85. The summed E-state index contributed by atoms with van der Waals surface area (Å²) in [6.45, 7) is 1.66. The highest BCUT2D eigenvalue weighted by molar-refractivity contribution is 7.92. The fourth-order valence-corrected chi connectivity index (χ4v) is 4.55. The van der Waals surface area contributed by atoms with Crippen molar-refractivity contribution in [3.05, 3.63) is 65.6 Å². The Balaban J connectivity index is 1.65. The summed E-state index contributed by atoms with van der Waals surface area (Å²) in [5, 5.41) is 7.47. The number of benzene rings is 1. The van der Waals surface area contributed by atoms with Crippen molar-refractivity contribution in [2.75, 3.05) is 10.5 Å². The molecule has 32 heavy (non-hydrogen) atoms. The number of nitrogens with one attached hydrogen (secondary N) is 3. The smallest absolute Gasteiger partial charge is 0.232 e. The van der Waals surface area contributed by atoms with E-state index in [4.69, 9.17) is 0 Å². The number of carbonyl (C=O) groups excluding carboxylic acids is 1. The number of hydrogen-bond donors (Lipinski definition) is 3. The molecule has 0 saturated carbocycles. The van der Waals surface area contributed by atoms with Gasteiger partial charge in [-0.15, -0.1) is 0 Å². The van der Waals surface area contributed by atoms with Crippen molar-refractivity contribution < 1.29 is 22.0 Å². The van der Waals surface area contributed by atoms with Gasteiger partial charge in [0.15, 0.2) is 11.6 Å². The maximum absolute atomic E-state index is 14.9. The molecular weight excluding hydrogens is 440 g/mol. The summed E-state index contributed by atoms with van der Waals surface area (Å²) in [7, 11) is -3.81. The summed E-state index contributed by atoms with van der Waals surface area (Å²) in [6, 6.07) is 5.30. The third-order valence-corrected chi connectivity index (χ3v) is 6.33. The number of hydrogen-bond acceptors (Lipinski definition) is 5. The molecule has 3 N–H and O–H groups in total. The first kappa shape index (κ1) is 21.6. The quantitative estimate of drug-likeness (QED) is 0.346. The fraction of sp³-hybridized carbons (Fsp3) is 0.190. The minimum atomic E-state index is -3.81. The van der Waals surface area contributed by atoms with Gasteiger partial charge in [-0.2, -0.15) is 5.10 Å². The molecule has 0 saturated heterocycles. The molecule has 11 heteroatoms. The molecular formula is C21H19F2N5O3S. The Hall–Kier alpha value is -3.60. The molecule has 0 unspecified atom stereocenters. The summed E-state index contributed by atoms with van der Waals surface area (Å²) in [5.41, 5.74) is 1.28. The molecule has 4 aromatic rings. The van der Waals surface area contributed by atoms with Crippen LogP contribution in [0.4, 0.5) is 14.5 Å². The van der Waals surface area contributed by atoms with Crippen LogP contribution in [0.25, 0.3) is 22.3 Å². The number of halogens is 2. The van der Waals surface area contributed by atoms with E-state index in [0.29, 0.717) is 23.0 Å². The Kier molecular flexibility index (Phi) is 5.74. The molecule has 0 bridgehead atoms. The minimum Gasteiger partial charge on any atom is -0.345 e. The number of Topliss-reactive ketones (excluding diaryl/α,β-unsaturated/α-hetero) is 1. The predicted octanol–water partition coefficient (Wildman–Crippen LogP) is 3.81. The van der Waals surface area contributed by atoms with Crippen LogP contribution in [0.1, 0.15) is 29.3 Å². The van der Waals surface area contributed by atoms with E-state index >= 15 is 0 Å². The van der Waals surface area contributed by atoms with Crippen LogP contribution < -0.4 is 4.72 Å². The molecule has 0 amide bonds. The monoisotopic (exact) mass is 459 g/mol. The van der Waals surface area contributed by atoms with Gasteiger partial charge in [-0.1, -0.05) is 6.92 Å². The maximum atomic E-state index is 14.9. The number of fused-ring (bicyclic) bond motifs is 1. The van der Waals surface area contributed by atoms with Gasteiger partial charge >= 0.3 is 0 Å². The second-order valence-corrected chi connectivity index (χ2v) is 9.06. The van der Waals surface area contributed by atoms with Gasteiger partial charge in [0.2, 0.25) is 10.0 Å². The Labute approximate surface area is 182 Å². The van der Waals surface area contributed by atoms with Crippen LogP contribution in [-0.4, -0.2) is 40.1 Å². The number of nitrogens with zero attached hydrogens (tertiary/aromatic N) is 2. The number of pyridine rings is 1. The van der Waals surface area contributed by atoms with Gasteiger partial charge in [-0.25, -0.2) is 22.2 Å². The van der Waals surface area contributed by atoms with Gasteiger partial charge in [-0.3, -0.25) is 14.6 Å². The van der Waals surface area contributed by atoms with Crippen molar-refractivity contribution in [2.24, 2.45) is 0 Å².